The number of aliphatic hydroxyl groups excluding tert-OH is 1. The largest absolute Gasteiger partial charge is 0.392 e. The molecule has 2 N–H and O–H groups in total. The predicted molar refractivity (Wildman–Crippen MR) is 80.9 cm³/mol. The molecule has 104 valence electrons. The van der Waals surface area contributed by atoms with Gasteiger partial charge in [-0.05, 0) is 30.7 Å². The fourth-order valence-electron chi connectivity index (χ4n) is 1.84. The van der Waals surface area contributed by atoms with Gasteiger partial charge in [0.1, 0.15) is 0 Å². The minimum Gasteiger partial charge on any atom is -0.392 e. The van der Waals surface area contributed by atoms with Crippen molar-refractivity contribution in [3.8, 4) is 11.1 Å². The summed E-state index contributed by atoms with van der Waals surface area (Å²) in [5, 5.41) is 12.5. The van der Waals surface area contributed by atoms with Gasteiger partial charge < -0.3 is 10.4 Å². The van der Waals surface area contributed by atoms with E-state index in [1.807, 2.05) is 36.4 Å². The molecule has 4 heteroatoms. The zero-order valence-electron chi connectivity index (χ0n) is 11.1. The van der Waals surface area contributed by atoms with Crippen LogP contribution < -0.4 is 5.32 Å². The third-order valence-corrected chi connectivity index (χ3v) is 3.22. The van der Waals surface area contributed by atoms with Gasteiger partial charge in [0.15, 0.2) is 0 Å². The molecule has 1 amide bonds. The number of rotatable bonds is 4. The maximum atomic E-state index is 11.8. The van der Waals surface area contributed by atoms with E-state index in [9.17, 15) is 4.79 Å². The summed E-state index contributed by atoms with van der Waals surface area (Å²) >= 11 is 6.14. The number of carbonyl (C=O) groups excluding carboxylic acids is 1. The lowest BCUT2D eigenvalue weighted by Gasteiger charge is -2.08. The van der Waals surface area contributed by atoms with E-state index in [1.54, 1.807) is 19.1 Å². The van der Waals surface area contributed by atoms with Crippen molar-refractivity contribution in [1.82, 2.24) is 5.32 Å². The van der Waals surface area contributed by atoms with E-state index in [4.69, 9.17) is 16.7 Å². The fourth-order valence-corrected chi connectivity index (χ4v) is 2.08. The zero-order chi connectivity index (χ0) is 14.5. The van der Waals surface area contributed by atoms with Crippen LogP contribution in [0.25, 0.3) is 11.1 Å². The van der Waals surface area contributed by atoms with Crippen molar-refractivity contribution in [2.75, 3.05) is 6.54 Å². The van der Waals surface area contributed by atoms with Crippen molar-refractivity contribution < 1.29 is 9.90 Å². The lowest BCUT2D eigenvalue weighted by Crippen LogP contribution is -2.30. The molecule has 3 nitrogen and oxygen atoms in total. The second-order valence-electron chi connectivity index (χ2n) is 4.62. The van der Waals surface area contributed by atoms with Crippen LogP contribution in [0.4, 0.5) is 0 Å². The Hall–Kier alpha value is -1.84. The Morgan fingerprint density at radius 1 is 1.20 bits per heavy atom. The highest BCUT2D eigenvalue weighted by molar-refractivity contribution is 6.33. The standard InChI is InChI=1S/C16H16ClNO2/c1-11(19)10-18-16(20)13-8-6-12(7-9-13)14-4-2-3-5-15(14)17/h2-9,11,19H,10H2,1H3,(H,18,20)/t11-/m0/s1. The Morgan fingerprint density at radius 2 is 1.85 bits per heavy atom. The number of hydrogen-bond donors (Lipinski definition) is 2. The van der Waals surface area contributed by atoms with Gasteiger partial charge in [-0.15, -0.1) is 0 Å². The second-order valence-corrected chi connectivity index (χ2v) is 5.02. The van der Waals surface area contributed by atoms with Crippen LogP contribution in [0.15, 0.2) is 48.5 Å². The molecular formula is C16H16ClNO2. The molecule has 0 radical (unpaired) electrons. The van der Waals surface area contributed by atoms with Crippen molar-refractivity contribution in [2.24, 2.45) is 0 Å². The molecule has 0 heterocycles. The molecule has 0 aliphatic rings. The van der Waals surface area contributed by atoms with Gasteiger partial charge in [-0.25, -0.2) is 0 Å². The highest BCUT2D eigenvalue weighted by Crippen LogP contribution is 2.27. The van der Waals surface area contributed by atoms with Crippen LogP contribution >= 0.6 is 11.6 Å². The van der Waals surface area contributed by atoms with Crippen LogP contribution in [0.2, 0.25) is 5.02 Å². The van der Waals surface area contributed by atoms with Crippen LogP contribution in [-0.4, -0.2) is 23.7 Å². The summed E-state index contributed by atoms with van der Waals surface area (Å²) in [6.07, 6.45) is -0.554. The molecule has 2 aromatic rings. The molecule has 0 aliphatic carbocycles. The first kappa shape index (κ1) is 14.6. The third kappa shape index (κ3) is 3.59. The van der Waals surface area contributed by atoms with E-state index >= 15 is 0 Å². The SMILES string of the molecule is C[C@H](O)CNC(=O)c1ccc(-c2ccccc2Cl)cc1. The Morgan fingerprint density at radius 3 is 2.45 bits per heavy atom. The van der Waals surface area contributed by atoms with Crippen LogP contribution in [0, 0.1) is 0 Å². The molecule has 0 bridgehead atoms. The first-order valence-electron chi connectivity index (χ1n) is 6.39. The van der Waals surface area contributed by atoms with Gasteiger partial charge in [-0.3, -0.25) is 4.79 Å². The van der Waals surface area contributed by atoms with Gasteiger partial charge in [-0.1, -0.05) is 41.9 Å². The minimum absolute atomic E-state index is 0.198. The number of carbonyl (C=O) groups is 1. The molecule has 2 rings (SSSR count). The lowest BCUT2D eigenvalue weighted by atomic mass is 10.0. The van der Waals surface area contributed by atoms with Crippen molar-refractivity contribution in [2.45, 2.75) is 13.0 Å². The van der Waals surface area contributed by atoms with Gasteiger partial charge >= 0.3 is 0 Å². The molecule has 20 heavy (non-hydrogen) atoms. The maximum absolute atomic E-state index is 11.8. The van der Waals surface area contributed by atoms with Crippen molar-refractivity contribution in [1.29, 1.82) is 0 Å². The number of amides is 1. The Labute approximate surface area is 123 Å². The number of aliphatic hydroxyl groups is 1. The molecule has 0 spiro atoms. The Bertz CT molecular complexity index is 594. The minimum atomic E-state index is -0.554. The monoisotopic (exact) mass is 289 g/mol. The number of halogens is 1. The number of hydrogen-bond acceptors (Lipinski definition) is 2. The normalized spacial score (nSPS) is 11.9. The maximum Gasteiger partial charge on any atom is 0.251 e. The van der Waals surface area contributed by atoms with Crippen LogP contribution in [0.1, 0.15) is 17.3 Å². The summed E-state index contributed by atoms with van der Waals surface area (Å²) < 4.78 is 0. The van der Waals surface area contributed by atoms with Crippen molar-refractivity contribution >= 4 is 17.5 Å². The predicted octanol–water partition coefficient (Wildman–Crippen LogP) is 3.12. The van der Waals surface area contributed by atoms with Gasteiger partial charge in [0.25, 0.3) is 5.91 Å². The third-order valence-electron chi connectivity index (χ3n) is 2.89. The summed E-state index contributed by atoms with van der Waals surface area (Å²) in [6, 6.07) is 14.8. The van der Waals surface area contributed by atoms with E-state index in [0.29, 0.717) is 10.6 Å². The molecule has 0 saturated carbocycles. The quantitative estimate of drug-likeness (QED) is 0.908. The molecule has 2 aromatic carbocycles. The summed E-state index contributed by atoms with van der Waals surface area (Å²) in [5.74, 6) is -0.198. The Kier molecular flexibility index (Phi) is 4.77. The topological polar surface area (TPSA) is 49.3 Å². The van der Waals surface area contributed by atoms with Crippen molar-refractivity contribution in [3.05, 3.63) is 59.1 Å². The molecule has 1 atom stereocenters. The van der Waals surface area contributed by atoms with E-state index in [2.05, 4.69) is 5.32 Å². The van der Waals surface area contributed by atoms with E-state index in [1.165, 1.54) is 0 Å². The van der Waals surface area contributed by atoms with Gasteiger partial charge in [0, 0.05) is 22.7 Å². The van der Waals surface area contributed by atoms with Crippen LogP contribution in [0.5, 0.6) is 0 Å². The average Bonchev–Trinajstić information content (AvgIpc) is 2.45. The highest BCUT2D eigenvalue weighted by Gasteiger charge is 2.07. The van der Waals surface area contributed by atoms with Gasteiger partial charge in [0.2, 0.25) is 0 Å². The smallest absolute Gasteiger partial charge is 0.251 e. The average molecular weight is 290 g/mol. The van der Waals surface area contributed by atoms with Crippen molar-refractivity contribution in [3.63, 3.8) is 0 Å². The molecular weight excluding hydrogens is 274 g/mol. The fraction of sp³-hybridized carbons (Fsp3) is 0.188. The van der Waals surface area contributed by atoms with Gasteiger partial charge in [-0.2, -0.15) is 0 Å². The summed E-state index contributed by atoms with van der Waals surface area (Å²) in [4.78, 5) is 11.8. The molecule has 0 aromatic heterocycles. The molecule has 0 aliphatic heterocycles. The molecule has 0 unspecified atom stereocenters. The van der Waals surface area contributed by atoms with Crippen LogP contribution in [0.3, 0.4) is 0 Å². The first-order chi connectivity index (χ1) is 9.58. The van der Waals surface area contributed by atoms with E-state index < -0.39 is 6.10 Å². The zero-order valence-corrected chi connectivity index (χ0v) is 11.9. The number of benzene rings is 2. The summed E-state index contributed by atoms with van der Waals surface area (Å²) in [6.45, 7) is 1.87. The lowest BCUT2D eigenvalue weighted by molar-refractivity contribution is 0.0924. The summed E-state index contributed by atoms with van der Waals surface area (Å²) in [5.41, 5.74) is 2.45. The van der Waals surface area contributed by atoms with E-state index in [0.717, 1.165) is 11.1 Å². The number of nitrogens with one attached hydrogen (secondary N) is 1. The Balaban J connectivity index is 2.14. The van der Waals surface area contributed by atoms with Gasteiger partial charge in [0.05, 0.1) is 6.10 Å². The van der Waals surface area contributed by atoms with Crippen LogP contribution in [-0.2, 0) is 0 Å². The van der Waals surface area contributed by atoms with E-state index in [-0.39, 0.29) is 12.5 Å². The molecule has 0 saturated heterocycles. The second kappa shape index (κ2) is 6.55. The molecule has 0 fully saturated rings. The summed E-state index contributed by atoms with van der Waals surface area (Å²) in [7, 11) is 0. The highest BCUT2D eigenvalue weighted by atomic mass is 35.5. The first-order valence-corrected chi connectivity index (χ1v) is 6.77.